The molecule has 0 aliphatic heterocycles. The van der Waals surface area contributed by atoms with Gasteiger partial charge in [-0.1, -0.05) is 87.5 Å². The van der Waals surface area contributed by atoms with Crippen molar-refractivity contribution in [3.05, 3.63) is 95.6 Å². The highest BCUT2D eigenvalue weighted by Crippen LogP contribution is 2.33. The van der Waals surface area contributed by atoms with E-state index in [-0.39, 0.29) is 5.41 Å². The summed E-state index contributed by atoms with van der Waals surface area (Å²) in [7, 11) is 0. The fraction of sp³-hybridized carbons (Fsp3) is 0.625. The van der Waals surface area contributed by atoms with Gasteiger partial charge >= 0.3 is 0 Å². The second-order valence-corrected chi connectivity index (χ2v) is 14.8. The molecule has 0 heterocycles. The molecule has 0 aliphatic rings. The van der Waals surface area contributed by atoms with E-state index in [0.717, 1.165) is 16.7 Å². The highest BCUT2D eigenvalue weighted by molar-refractivity contribution is 5.45. The number of ether oxygens (including phenoxy) is 14. The second-order valence-electron chi connectivity index (χ2n) is 14.8. The molecule has 0 amide bonds. The van der Waals surface area contributed by atoms with Crippen molar-refractivity contribution in [2.75, 3.05) is 159 Å². The average Bonchev–Trinajstić information content (AvgIpc) is 3.28. The topological polar surface area (TPSA) is 129 Å². The fourth-order valence-corrected chi connectivity index (χ4v) is 5.36. The van der Waals surface area contributed by atoms with Gasteiger partial charge in [0.2, 0.25) is 0 Å². The van der Waals surface area contributed by atoms with Crippen molar-refractivity contribution in [1.29, 1.82) is 0 Å². The van der Waals surface area contributed by atoms with Crippen molar-refractivity contribution >= 4 is 0 Å². The van der Waals surface area contributed by atoms with E-state index in [1.54, 1.807) is 0 Å². The molecule has 14 nitrogen and oxygen atoms in total. The van der Waals surface area contributed by atoms with Crippen LogP contribution in [0.5, 0.6) is 11.5 Å². The number of hydrogen-bond donors (Lipinski definition) is 0. The van der Waals surface area contributed by atoms with Crippen LogP contribution in [0.25, 0.3) is 0 Å². The molecule has 0 aromatic heterocycles. The largest absolute Gasteiger partial charge is 0.487 e. The zero-order valence-electron chi connectivity index (χ0n) is 37.6. The van der Waals surface area contributed by atoms with Crippen LogP contribution in [0.15, 0.2) is 78.9 Å². The van der Waals surface area contributed by atoms with E-state index >= 15 is 0 Å². The number of hydrogen-bond acceptors (Lipinski definition) is 14. The molecular weight excluding hydrogens is 801 g/mol. The van der Waals surface area contributed by atoms with Gasteiger partial charge in [-0.2, -0.15) is 0 Å². The molecule has 0 saturated carbocycles. The van der Waals surface area contributed by atoms with Crippen molar-refractivity contribution in [3.63, 3.8) is 0 Å². The standard InChI is InChI=1S/C48H74O14/c1-48(2,3)45-14-15-46(61-38-36-57-30-28-53-22-20-49-16-18-51-24-26-55-32-34-59-41-43-10-6-4-7-11-43)47(40-45)62-39-37-58-31-29-54-23-21-50-17-19-52-25-27-56-33-35-60-42-44-12-8-5-9-13-44/h4-15,40H,16-39,41-42H2,1-3H3. The SMILES string of the molecule is CC(C)(C)c1ccc(OCCOCCOCCOCCOCCOCCOCc2ccccc2)c(OCCOCCOCCOCCOCCOCCOCc2ccccc2)c1. The van der Waals surface area contributed by atoms with Crippen molar-refractivity contribution in [3.8, 4) is 11.5 Å². The first-order chi connectivity index (χ1) is 30.5. The van der Waals surface area contributed by atoms with Gasteiger partial charge in [0.1, 0.15) is 13.2 Å². The Bertz CT molecular complexity index is 1430. The molecule has 0 N–H and O–H groups in total. The Morgan fingerprint density at radius 1 is 0.290 bits per heavy atom. The van der Waals surface area contributed by atoms with E-state index in [1.165, 1.54) is 0 Å². The molecule has 350 valence electrons. The van der Waals surface area contributed by atoms with E-state index in [9.17, 15) is 0 Å². The van der Waals surface area contributed by atoms with Crippen LogP contribution in [0.3, 0.4) is 0 Å². The summed E-state index contributed by atoms with van der Waals surface area (Å²) in [5, 5.41) is 0. The molecule has 3 rings (SSSR count). The lowest BCUT2D eigenvalue weighted by molar-refractivity contribution is -0.0189. The van der Waals surface area contributed by atoms with Crippen molar-refractivity contribution < 1.29 is 66.3 Å². The van der Waals surface area contributed by atoms with Crippen LogP contribution in [0.4, 0.5) is 0 Å². The van der Waals surface area contributed by atoms with Gasteiger partial charge in [-0.15, -0.1) is 0 Å². The lowest BCUT2D eigenvalue weighted by Crippen LogP contribution is -2.16. The Labute approximate surface area is 370 Å². The predicted molar refractivity (Wildman–Crippen MR) is 237 cm³/mol. The van der Waals surface area contributed by atoms with Gasteiger partial charge in [-0.3, -0.25) is 0 Å². The van der Waals surface area contributed by atoms with Crippen LogP contribution in [0.2, 0.25) is 0 Å². The van der Waals surface area contributed by atoms with Gasteiger partial charge in [0, 0.05) is 0 Å². The summed E-state index contributed by atoms with van der Waals surface area (Å²) in [4.78, 5) is 0. The first-order valence-corrected chi connectivity index (χ1v) is 21.9. The molecule has 0 aliphatic carbocycles. The molecule has 0 fully saturated rings. The highest BCUT2D eigenvalue weighted by atomic mass is 16.6. The Balaban J connectivity index is 1.06. The van der Waals surface area contributed by atoms with E-state index in [2.05, 4.69) is 26.8 Å². The third kappa shape index (κ3) is 29.2. The van der Waals surface area contributed by atoms with E-state index in [1.807, 2.05) is 72.8 Å². The minimum absolute atomic E-state index is 0.0358. The first-order valence-electron chi connectivity index (χ1n) is 21.9. The van der Waals surface area contributed by atoms with Crippen LogP contribution in [-0.2, 0) is 75.5 Å². The molecule has 0 radical (unpaired) electrons. The fourth-order valence-electron chi connectivity index (χ4n) is 5.36. The third-order valence-electron chi connectivity index (χ3n) is 8.72. The van der Waals surface area contributed by atoms with E-state index in [4.69, 9.17) is 66.3 Å². The maximum atomic E-state index is 6.09. The van der Waals surface area contributed by atoms with Crippen LogP contribution >= 0.6 is 0 Å². The third-order valence-corrected chi connectivity index (χ3v) is 8.72. The molecule has 62 heavy (non-hydrogen) atoms. The quantitative estimate of drug-likeness (QED) is 0.0587. The summed E-state index contributed by atoms with van der Waals surface area (Å²) >= 11 is 0. The van der Waals surface area contributed by atoms with E-state index < -0.39 is 0 Å². The normalized spacial score (nSPS) is 11.7. The number of benzene rings is 3. The average molecular weight is 875 g/mol. The van der Waals surface area contributed by atoms with Gasteiger partial charge in [0.25, 0.3) is 0 Å². The van der Waals surface area contributed by atoms with Gasteiger partial charge in [0.15, 0.2) is 11.5 Å². The van der Waals surface area contributed by atoms with Gasteiger partial charge < -0.3 is 66.3 Å². The second kappa shape index (κ2) is 37.2. The Morgan fingerprint density at radius 3 is 0.871 bits per heavy atom. The molecule has 3 aromatic rings. The zero-order valence-corrected chi connectivity index (χ0v) is 37.6. The molecule has 0 unspecified atom stereocenters. The van der Waals surface area contributed by atoms with Crippen LogP contribution in [0.1, 0.15) is 37.5 Å². The summed E-state index contributed by atoms with van der Waals surface area (Å²) in [6.07, 6.45) is 0. The maximum absolute atomic E-state index is 6.09. The van der Waals surface area contributed by atoms with Gasteiger partial charge in [-0.25, -0.2) is 0 Å². The zero-order chi connectivity index (χ0) is 43.9. The van der Waals surface area contributed by atoms with Gasteiger partial charge in [-0.05, 0) is 34.2 Å². The summed E-state index contributed by atoms with van der Waals surface area (Å²) in [6.45, 7) is 19.4. The Morgan fingerprint density at radius 2 is 0.565 bits per heavy atom. The lowest BCUT2D eigenvalue weighted by atomic mass is 9.87. The maximum Gasteiger partial charge on any atom is 0.161 e. The molecular formula is C48H74O14. The highest BCUT2D eigenvalue weighted by Gasteiger charge is 2.17. The smallest absolute Gasteiger partial charge is 0.161 e. The van der Waals surface area contributed by atoms with Crippen molar-refractivity contribution in [1.82, 2.24) is 0 Å². The van der Waals surface area contributed by atoms with Crippen molar-refractivity contribution in [2.24, 2.45) is 0 Å². The molecule has 0 spiro atoms. The van der Waals surface area contributed by atoms with Crippen molar-refractivity contribution in [2.45, 2.75) is 39.4 Å². The molecule has 0 bridgehead atoms. The molecule has 0 atom stereocenters. The number of rotatable bonds is 42. The van der Waals surface area contributed by atoms with Crippen LogP contribution in [0, 0.1) is 0 Å². The summed E-state index contributed by atoms with van der Waals surface area (Å²) in [6, 6.07) is 26.2. The summed E-state index contributed by atoms with van der Waals surface area (Å²) in [5.74, 6) is 1.34. The Hall–Kier alpha value is -3.22. The monoisotopic (exact) mass is 875 g/mol. The lowest BCUT2D eigenvalue weighted by Gasteiger charge is -2.21. The predicted octanol–water partition coefficient (Wildman–Crippen LogP) is 6.34. The summed E-state index contributed by atoms with van der Waals surface area (Å²) < 4.78 is 79.2. The Kier molecular flexibility index (Phi) is 31.9. The minimum Gasteiger partial charge on any atom is -0.487 e. The molecule has 14 heteroatoms. The summed E-state index contributed by atoms with van der Waals surface area (Å²) in [5.41, 5.74) is 3.43. The van der Waals surface area contributed by atoms with Crippen LogP contribution in [-0.4, -0.2) is 159 Å². The first kappa shape index (κ1) is 53.1. The molecule has 3 aromatic carbocycles. The molecule has 0 saturated heterocycles. The van der Waals surface area contributed by atoms with E-state index in [0.29, 0.717) is 183 Å². The minimum atomic E-state index is -0.0358. The van der Waals surface area contributed by atoms with Gasteiger partial charge in [0.05, 0.1) is 159 Å². The van der Waals surface area contributed by atoms with Crippen LogP contribution < -0.4 is 9.47 Å².